The largest absolute Gasteiger partial charge is 0.353 e. The molecule has 2 aliphatic rings. The lowest BCUT2D eigenvalue weighted by Crippen LogP contribution is -2.40. The Balaban J connectivity index is 0.00000180. The van der Waals surface area contributed by atoms with Gasteiger partial charge in [-0.3, -0.25) is 4.79 Å². The lowest BCUT2D eigenvalue weighted by atomic mass is 9.95. The summed E-state index contributed by atoms with van der Waals surface area (Å²) in [5.41, 5.74) is 5.75. The van der Waals surface area contributed by atoms with Gasteiger partial charge in [0, 0.05) is 12.5 Å². The van der Waals surface area contributed by atoms with Crippen molar-refractivity contribution in [1.82, 2.24) is 5.32 Å². The molecule has 3 nitrogen and oxygen atoms in total. The van der Waals surface area contributed by atoms with Crippen molar-refractivity contribution in [3.05, 3.63) is 0 Å². The van der Waals surface area contributed by atoms with Gasteiger partial charge in [-0.05, 0) is 44.1 Å². The molecule has 0 radical (unpaired) electrons. The van der Waals surface area contributed by atoms with Crippen LogP contribution in [0.1, 0.15) is 64.2 Å². The number of carbonyl (C=O) groups excluding carboxylic acids is 1. The summed E-state index contributed by atoms with van der Waals surface area (Å²) in [6.07, 6.45) is 12.1. The lowest BCUT2D eigenvalue weighted by molar-refractivity contribution is -0.123. The molecule has 2 saturated carbocycles. The van der Waals surface area contributed by atoms with Crippen LogP contribution in [0, 0.1) is 11.8 Å². The second kappa shape index (κ2) is 8.80. The van der Waals surface area contributed by atoms with E-state index in [0.29, 0.717) is 24.4 Å². The Morgan fingerprint density at radius 2 is 1.68 bits per heavy atom. The highest BCUT2D eigenvalue weighted by molar-refractivity contribution is 5.85. The molecule has 0 aromatic heterocycles. The van der Waals surface area contributed by atoms with Crippen LogP contribution in [0.25, 0.3) is 0 Å². The van der Waals surface area contributed by atoms with E-state index < -0.39 is 0 Å². The van der Waals surface area contributed by atoms with Crippen molar-refractivity contribution < 1.29 is 4.79 Å². The molecule has 2 aliphatic carbocycles. The molecule has 112 valence electrons. The van der Waals surface area contributed by atoms with Gasteiger partial charge in [-0.15, -0.1) is 12.4 Å². The number of amides is 1. The van der Waals surface area contributed by atoms with Crippen molar-refractivity contribution >= 4 is 18.3 Å². The standard InChI is InChI=1S/C15H28N2O.ClH/c16-11-13-8-5-9-14(13)17-15(18)10-12-6-3-1-2-4-7-12;/h12-14H,1-11,16H2,(H,17,18);1H. The molecule has 2 rings (SSSR count). The maximum absolute atomic E-state index is 12.1. The summed E-state index contributed by atoms with van der Waals surface area (Å²) in [7, 11) is 0. The fourth-order valence-corrected chi connectivity index (χ4v) is 3.60. The van der Waals surface area contributed by atoms with Gasteiger partial charge in [0.15, 0.2) is 0 Å². The first-order chi connectivity index (χ1) is 8.79. The summed E-state index contributed by atoms with van der Waals surface area (Å²) in [5, 5.41) is 3.23. The van der Waals surface area contributed by atoms with Gasteiger partial charge < -0.3 is 11.1 Å². The highest BCUT2D eigenvalue weighted by Gasteiger charge is 2.27. The molecule has 4 heteroatoms. The first-order valence-corrected chi connectivity index (χ1v) is 7.79. The zero-order valence-corrected chi connectivity index (χ0v) is 12.7. The number of nitrogens with one attached hydrogen (secondary N) is 1. The van der Waals surface area contributed by atoms with Gasteiger partial charge in [0.2, 0.25) is 5.91 Å². The fraction of sp³-hybridized carbons (Fsp3) is 0.933. The monoisotopic (exact) mass is 288 g/mol. The predicted octanol–water partition coefficient (Wildman–Crippen LogP) is 3.01. The first kappa shape index (κ1) is 16.8. The second-order valence-corrected chi connectivity index (χ2v) is 6.16. The zero-order valence-electron chi connectivity index (χ0n) is 11.9. The lowest BCUT2D eigenvalue weighted by Gasteiger charge is -2.21. The van der Waals surface area contributed by atoms with Crippen molar-refractivity contribution in [2.45, 2.75) is 70.3 Å². The molecule has 2 atom stereocenters. The Morgan fingerprint density at radius 3 is 2.32 bits per heavy atom. The van der Waals surface area contributed by atoms with Crippen LogP contribution in [-0.4, -0.2) is 18.5 Å². The molecule has 0 spiro atoms. The third-order valence-corrected chi connectivity index (χ3v) is 4.76. The third-order valence-electron chi connectivity index (χ3n) is 4.76. The molecule has 19 heavy (non-hydrogen) atoms. The average Bonchev–Trinajstić information content (AvgIpc) is 2.64. The molecule has 2 fully saturated rings. The van der Waals surface area contributed by atoms with E-state index in [9.17, 15) is 4.79 Å². The van der Waals surface area contributed by atoms with Gasteiger partial charge in [0.05, 0.1) is 0 Å². The molecule has 0 aromatic carbocycles. The van der Waals surface area contributed by atoms with Crippen LogP contribution in [-0.2, 0) is 4.79 Å². The molecule has 0 aromatic rings. The number of nitrogens with two attached hydrogens (primary N) is 1. The minimum Gasteiger partial charge on any atom is -0.353 e. The highest BCUT2D eigenvalue weighted by Crippen LogP contribution is 2.27. The third kappa shape index (κ3) is 5.31. The van der Waals surface area contributed by atoms with Gasteiger partial charge in [-0.2, -0.15) is 0 Å². The number of rotatable bonds is 4. The van der Waals surface area contributed by atoms with Crippen LogP contribution < -0.4 is 11.1 Å². The molecule has 0 bridgehead atoms. The average molecular weight is 289 g/mol. The van der Waals surface area contributed by atoms with E-state index in [-0.39, 0.29) is 18.3 Å². The summed E-state index contributed by atoms with van der Waals surface area (Å²) in [5.74, 6) is 1.42. The second-order valence-electron chi connectivity index (χ2n) is 6.16. The summed E-state index contributed by atoms with van der Waals surface area (Å²) in [6.45, 7) is 0.717. The fourth-order valence-electron chi connectivity index (χ4n) is 3.60. The van der Waals surface area contributed by atoms with E-state index in [1.165, 1.54) is 51.4 Å². The Morgan fingerprint density at radius 1 is 1.00 bits per heavy atom. The van der Waals surface area contributed by atoms with E-state index in [2.05, 4.69) is 5.32 Å². The Kier molecular flexibility index (Phi) is 7.77. The van der Waals surface area contributed by atoms with Crippen LogP contribution in [0.4, 0.5) is 0 Å². The summed E-state index contributed by atoms with van der Waals surface area (Å²) in [6, 6.07) is 0.355. The summed E-state index contributed by atoms with van der Waals surface area (Å²) < 4.78 is 0. The maximum atomic E-state index is 12.1. The van der Waals surface area contributed by atoms with Gasteiger partial charge in [0.25, 0.3) is 0 Å². The van der Waals surface area contributed by atoms with Crippen LogP contribution in [0.3, 0.4) is 0 Å². The number of carbonyl (C=O) groups is 1. The van der Waals surface area contributed by atoms with E-state index in [1.807, 2.05) is 0 Å². The van der Waals surface area contributed by atoms with Crippen LogP contribution in [0.5, 0.6) is 0 Å². The maximum Gasteiger partial charge on any atom is 0.220 e. The normalized spacial score (nSPS) is 28.5. The van der Waals surface area contributed by atoms with E-state index in [1.54, 1.807) is 0 Å². The SMILES string of the molecule is Cl.NCC1CCCC1NC(=O)CC1CCCCCC1. The zero-order chi connectivity index (χ0) is 12.8. The van der Waals surface area contributed by atoms with Crippen molar-refractivity contribution in [3.8, 4) is 0 Å². The quantitative estimate of drug-likeness (QED) is 0.781. The van der Waals surface area contributed by atoms with E-state index >= 15 is 0 Å². The van der Waals surface area contributed by atoms with E-state index in [0.717, 1.165) is 12.8 Å². The molecule has 3 N–H and O–H groups in total. The summed E-state index contributed by atoms with van der Waals surface area (Å²) in [4.78, 5) is 12.1. The molecule has 1 amide bonds. The van der Waals surface area contributed by atoms with Gasteiger partial charge in [0.1, 0.15) is 0 Å². The van der Waals surface area contributed by atoms with Crippen molar-refractivity contribution in [2.75, 3.05) is 6.54 Å². The first-order valence-electron chi connectivity index (χ1n) is 7.79. The van der Waals surface area contributed by atoms with Crippen LogP contribution >= 0.6 is 12.4 Å². The topological polar surface area (TPSA) is 55.1 Å². The van der Waals surface area contributed by atoms with Crippen LogP contribution in [0.15, 0.2) is 0 Å². The Labute approximate surface area is 123 Å². The Bertz CT molecular complexity index is 265. The van der Waals surface area contributed by atoms with Crippen molar-refractivity contribution in [1.29, 1.82) is 0 Å². The molecular formula is C15H29ClN2O. The van der Waals surface area contributed by atoms with Crippen molar-refractivity contribution in [3.63, 3.8) is 0 Å². The molecule has 0 heterocycles. The van der Waals surface area contributed by atoms with E-state index in [4.69, 9.17) is 5.73 Å². The molecule has 0 saturated heterocycles. The van der Waals surface area contributed by atoms with Crippen LogP contribution in [0.2, 0.25) is 0 Å². The Hall–Kier alpha value is -0.280. The van der Waals surface area contributed by atoms with Gasteiger partial charge in [-0.25, -0.2) is 0 Å². The number of halogens is 1. The van der Waals surface area contributed by atoms with Crippen molar-refractivity contribution in [2.24, 2.45) is 17.6 Å². The van der Waals surface area contributed by atoms with Gasteiger partial charge >= 0.3 is 0 Å². The smallest absolute Gasteiger partial charge is 0.220 e. The minimum absolute atomic E-state index is 0. The molecular weight excluding hydrogens is 260 g/mol. The summed E-state index contributed by atoms with van der Waals surface area (Å²) >= 11 is 0. The molecule has 2 unspecified atom stereocenters. The highest BCUT2D eigenvalue weighted by atomic mass is 35.5. The minimum atomic E-state index is 0. The number of hydrogen-bond acceptors (Lipinski definition) is 2. The van der Waals surface area contributed by atoms with Gasteiger partial charge in [-0.1, -0.05) is 32.1 Å². The predicted molar refractivity (Wildman–Crippen MR) is 81.4 cm³/mol. The molecule has 0 aliphatic heterocycles. The number of hydrogen-bond donors (Lipinski definition) is 2.